The van der Waals surface area contributed by atoms with Crippen molar-refractivity contribution in [1.82, 2.24) is 20.2 Å². The lowest BCUT2D eigenvalue weighted by molar-refractivity contribution is 0.402. The zero-order valence-electron chi connectivity index (χ0n) is 20.0. The summed E-state index contributed by atoms with van der Waals surface area (Å²) < 4.78 is 0. The molecule has 0 spiro atoms. The van der Waals surface area contributed by atoms with Crippen LogP contribution in [-0.4, -0.2) is 35.0 Å². The summed E-state index contributed by atoms with van der Waals surface area (Å²) in [5.74, 6) is 0.857. The van der Waals surface area contributed by atoms with Gasteiger partial charge in [-0.15, -0.1) is 0 Å². The molecule has 6 heteroatoms. The van der Waals surface area contributed by atoms with E-state index in [4.69, 9.17) is 4.98 Å². The molecule has 0 fully saturated rings. The molecule has 0 saturated heterocycles. The summed E-state index contributed by atoms with van der Waals surface area (Å²) in [5, 5.41) is 6.85. The SMILES string of the molecule is Cc1cc(C)c(CNCc2cc(NC(C)C)nc(-c3ccc(CN(C)C)cc3)c2)c(=O)[nH]1. The molecule has 0 amide bonds. The van der Waals surface area contributed by atoms with E-state index in [0.717, 1.165) is 46.0 Å². The highest BCUT2D eigenvalue weighted by molar-refractivity contribution is 5.63. The molecule has 0 bridgehead atoms. The summed E-state index contributed by atoms with van der Waals surface area (Å²) in [7, 11) is 4.14. The standard InChI is InChI=1S/C26H35N5O/c1-17(2)28-25-13-21(14-27-15-23-18(3)11-19(4)29-26(23)32)12-24(30-25)22-9-7-20(8-10-22)16-31(5)6/h7-13,17,27H,14-16H2,1-6H3,(H,28,30)(H,29,32). The molecule has 0 aliphatic carbocycles. The zero-order chi connectivity index (χ0) is 23.3. The monoisotopic (exact) mass is 433 g/mol. The topological polar surface area (TPSA) is 73.1 Å². The van der Waals surface area contributed by atoms with E-state index in [1.807, 2.05) is 19.9 Å². The van der Waals surface area contributed by atoms with E-state index >= 15 is 0 Å². The molecule has 0 aliphatic heterocycles. The Hall–Kier alpha value is -2.96. The molecular formula is C26H35N5O. The lowest BCUT2D eigenvalue weighted by Crippen LogP contribution is -2.23. The van der Waals surface area contributed by atoms with Crippen LogP contribution in [0.4, 0.5) is 5.82 Å². The first kappa shape index (κ1) is 23.7. The number of aromatic nitrogens is 2. The van der Waals surface area contributed by atoms with E-state index in [1.165, 1.54) is 5.56 Å². The fourth-order valence-electron chi connectivity index (χ4n) is 3.79. The lowest BCUT2D eigenvalue weighted by Gasteiger charge is -2.15. The minimum atomic E-state index is -0.0228. The molecule has 3 aromatic rings. The first-order valence-corrected chi connectivity index (χ1v) is 11.1. The first-order chi connectivity index (χ1) is 15.2. The van der Waals surface area contributed by atoms with Gasteiger partial charge in [0.2, 0.25) is 0 Å². The Labute approximate surface area is 191 Å². The first-order valence-electron chi connectivity index (χ1n) is 11.1. The van der Waals surface area contributed by atoms with Crippen molar-refractivity contribution in [2.24, 2.45) is 0 Å². The van der Waals surface area contributed by atoms with Crippen LogP contribution in [0.3, 0.4) is 0 Å². The van der Waals surface area contributed by atoms with Crippen LogP contribution in [0, 0.1) is 13.8 Å². The molecule has 2 aromatic heterocycles. The van der Waals surface area contributed by atoms with E-state index in [9.17, 15) is 4.79 Å². The van der Waals surface area contributed by atoms with Crippen LogP contribution in [0.15, 0.2) is 47.3 Å². The predicted octanol–water partition coefficient (Wildman–Crippen LogP) is 4.23. The number of benzene rings is 1. The average molecular weight is 434 g/mol. The van der Waals surface area contributed by atoms with E-state index in [2.05, 4.69) is 84.9 Å². The second-order valence-corrected chi connectivity index (χ2v) is 9.03. The Morgan fingerprint density at radius 2 is 1.72 bits per heavy atom. The lowest BCUT2D eigenvalue weighted by atomic mass is 10.1. The molecule has 0 unspecified atom stereocenters. The van der Waals surface area contributed by atoms with Gasteiger partial charge in [0.25, 0.3) is 5.56 Å². The Morgan fingerprint density at radius 1 is 1.00 bits per heavy atom. The van der Waals surface area contributed by atoms with Gasteiger partial charge in [-0.2, -0.15) is 0 Å². The molecule has 32 heavy (non-hydrogen) atoms. The number of aromatic amines is 1. The summed E-state index contributed by atoms with van der Waals surface area (Å²) in [6.07, 6.45) is 0. The maximum absolute atomic E-state index is 12.3. The number of rotatable bonds is 9. The van der Waals surface area contributed by atoms with Crippen molar-refractivity contribution in [2.45, 2.75) is 53.4 Å². The zero-order valence-corrected chi connectivity index (χ0v) is 20.0. The van der Waals surface area contributed by atoms with Gasteiger partial charge in [0, 0.05) is 42.5 Å². The molecule has 0 radical (unpaired) electrons. The van der Waals surface area contributed by atoms with Crippen LogP contribution in [0.25, 0.3) is 11.3 Å². The van der Waals surface area contributed by atoms with Crippen molar-refractivity contribution >= 4 is 5.82 Å². The van der Waals surface area contributed by atoms with Crippen LogP contribution in [-0.2, 0) is 19.6 Å². The smallest absolute Gasteiger partial charge is 0.252 e. The number of nitrogens with one attached hydrogen (secondary N) is 3. The van der Waals surface area contributed by atoms with Gasteiger partial charge in [0.15, 0.2) is 0 Å². The van der Waals surface area contributed by atoms with Gasteiger partial charge in [-0.1, -0.05) is 24.3 Å². The summed E-state index contributed by atoms with van der Waals surface area (Å²) >= 11 is 0. The number of H-pyrrole nitrogens is 1. The molecule has 3 N–H and O–H groups in total. The average Bonchev–Trinajstić information content (AvgIpc) is 2.69. The molecule has 1 aromatic carbocycles. The number of anilines is 1. The normalized spacial score (nSPS) is 11.4. The molecule has 170 valence electrons. The van der Waals surface area contributed by atoms with Gasteiger partial charge in [0.1, 0.15) is 5.82 Å². The Bertz CT molecular complexity index is 1100. The van der Waals surface area contributed by atoms with Crippen molar-refractivity contribution in [3.05, 3.63) is 80.8 Å². The number of nitrogens with zero attached hydrogens (tertiary/aromatic N) is 2. The quantitative estimate of drug-likeness (QED) is 0.471. The highest BCUT2D eigenvalue weighted by Crippen LogP contribution is 2.23. The maximum atomic E-state index is 12.3. The van der Waals surface area contributed by atoms with Gasteiger partial charge in [-0.3, -0.25) is 4.79 Å². The molecular weight excluding hydrogens is 398 g/mol. The minimum absolute atomic E-state index is 0.0228. The summed E-state index contributed by atoms with van der Waals surface area (Å²) in [6, 6.07) is 15.1. The van der Waals surface area contributed by atoms with Crippen LogP contribution >= 0.6 is 0 Å². The van der Waals surface area contributed by atoms with Crippen LogP contribution < -0.4 is 16.2 Å². The maximum Gasteiger partial charge on any atom is 0.252 e. The van der Waals surface area contributed by atoms with Gasteiger partial charge in [0.05, 0.1) is 5.69 Å². The molecule has 0 atom stereocenters. The predicted molar refractivity (Wildman–Crippen MR) is 133 cm³/mol. The van der Waals surface area contributed by atoms with Crippen LogP contribution in [0.5, 0.6) is 0 Å². The van der Waals surface area contributed by atoms with Crippen LogP contribution in [0.2, 0.25) is 0 Å². The summed E-state index contributed by atoms with van der Waals surface area (Å²) in [4.78, 5) is 22.2. The largest absolute Gasteiger partial charge is 0.368 e. The minimum Gasteiger partial charge on any atom is -0.368 e. The highest BCUT2D eigenvalue weighted by Gasteiger charge is 2.09. The third kappa shape index (κ3) is 6.52. The molecule has 0 aliphatic rings. The van der Waals surface area contributed by atoms with Gasteiger partial charge in [-0.25, -0.2) is 4.98 Å². The van der Waals surface area contributed by atoms with E-state index in [1.54, 1.807) is 0 Å². The van der Waals surface area contributed by atoms with E-state index in [-0.39, 0.29) is 11.6 Å². The number of hydrogen-bond donors (Lipinski definition) is 3. The van der Waals surface area contributed by atoms with E-state index in [0.29, 0.717) is 13.1 Å². The van der Waals surface area contributed by atoms with Crippen LogP contribution in [0.1, 0.15) is 41.8 Å². The van der Waals surface area contributed by atoms with Crippen molar-refractivity contribution in [3.8, 4) is 11.3 Å². The summed E-state index contributed by atoms with van der Waals surface area (Å²) in [5.41, 5.74) is 7.07. The summed E-state index contributed by atoms with van der Waals surface area (Å²) in [6.45, 7) is 10.2. The Morgan fingerprint density at radius 3 is 2.34 bits per heavy atom. The van der Waals surface area contributed by atoms with Crippen molar-refractivity contribution in [3.63, 3.8) is 0 Å². The van der Waals surface area contributed by atoms with Crippen molar-refractivity contribution in [1.29, 1.82) is 0 Å². The molecule has 2 heterocycles. The fraction of sp³-hybridized carbons (Fsp3) is 0.385. The third-order valence-electron chi connectivity index (χ3n) is 5.19. The van der Waals surface area contributed by atoms with Gasteiger partial charge in [-0.05, 0) is 76.7 Å². The Kier molecular flexibility index (Phi) is 7.83. The second-order valence-electron chi connectivity index (χ2n) is 9.03. The molecule has 0 saturated carbocycles. The number of pyridine rings is 2. The van der Waals surface area contributed by atoms with Crippen molar-refractivity contribution < 1.29 is 0 Å². The molecule has 6 nitrogen and oxygen atoms in total. The number of aryl methyl sites for hydroxylation is 2. The second kappa shape index (κ2) is 10.6. The van der Waals surface area contributed by atoms with Crippen molar-refractivity contribution in [2.75, 3.05) is 19.4 Å². The number of hydrogen-bond acceptors (Lipinski definition) is 5. The molecule has 3 rings (SSSR count). The third-order valence-corrected chi connectivity index (χ3v) is 5.19. The Balaban J connectivity index is 1.80. The van der Waals surface area contributed by atoms with E-state index < -0.39 is 0 Å². The van der Waals surface area contributed by atoms with Gasteiger partial charge < -0.3 is 20.5 Å². The van der Waals surface area contributed by atoms with Gasteiger partial charge >= 0.3 is 0 Å². The highest BCUT2D eigenvalue weighted by atomic mass is 16.1. The fourth-order valence-corrected chi connectivity index (χ4v) is 3.79.